The molecule has 1 amide bonds. The zero-order chi connectivity index (χ0) is 11.9. The normalized spacial score (nSPS) is 19.4. The molecular formula is C12H15NO3. The van der Waals surface area contributed by atoms with Crippen LogP contribution in [-0.2, 0) is 9.53 Å². The van der Waals surface area contributed by atoms with Gasteiger partial charge in [0.05, 0.1) is 0 Å². The van der Waals surface area contributed by atoms with Crippen LogP contribution < -0.4 is 0 Å². The largest absolute Gasteiger partial charge is 0.444 e. The van der Waals surface area contributed by atoms with Gasteiger partial charge in [0.15, 0.2) is 5.78 Å². The third-order valence-electron chi connectivity index (χ3n) is 2.42. The minimum Gasteiger partial charge on any atom is -0.444 e. The number of allylic oxidation sites excluding steroid dienone is 2. The van der Waals surface area contributed by atoms with E-state index in [0.717, 1.165) is 11.1 Å². The smallest absolute Gasteiger partial charge is 0.410 e. The van der Waals surface area contributed by atoms with Gasteiger partial charge in [0.25, 0.3) is 0 Å². The molecule has 1 heterocycles. The van der Waals surface area contributed by atoms with E-state index in [1.54, 1.807) is 17.1 Å². The van der Waals surface area contributed by atoms with Crippen LogP contribution in [0.3, 0.4) is 0 Å². The Labute approximate surface area is 94.6 Å². The Bertz CT molecular complexity index is 388. The number of fused-ring (bicyclic) bond motifs is 1. The lowest BCUT2D eigenvalue weighted by Gasteiger charge is -2.23. The minimum atomic E-state index is -0.479. The molecule has 0 radical (unpaired) electrons. The summed E-state index contributed by atoms with van der Waals surface area (Å²) in [5.41, 5.74) is 1.40. The highest BCUT2D eigenvalue weighted by Gasteiger charge is 2.31. The number of hydrogen-bond donors (Lipinski definition) is 0. The van der Waals surface area contributed by atoms with Gasteiger partial charge in [-0.25, -0.2) is 4.79 Å². The SMILES string of the molecule is CC(C)(C)OC(=O)N1CC2=CC(=O)C=C2C1. The number of carbonyl (C=O) groups excluding carboxylic acids is 2. The van der Waals surface area contributed by atoms with Gasteiger partial charge in [-0.1, -0.05) is 0 Å². The quantitative estimate of drug-likeness (QED) is 0.625. The molecule has 0 saturated carbocycles. The maximum atomic E-state index is 11.7. The van der Waals surface area contributed by atoms with Crippen molar-refractivity contribution in [3.63, 3.8) is 0 Å². The van der Waals surface area contributed by atoms with E-state index in [2.05, 4.69) is 0 Å². The number of ether oxygens (including phenoxy) is 1. The number of ketones is 1. The van der Waals surface area contributed by atoms with Crippen molar-refractivity contribution < 1.29 is 14.3 Å². The summed E-state index contributed by atoms with van der Waals surface area (Å²) in [6, 6.07) is 0. The fourth-order valence-corrected chi connectivity index (χ4v) is 1.79. The van der Waals surface area contributed by atoms with E-state index in [1.807, 2.05) is 20.8 Å². The Balaban J connectivity index is 2.01. The maximum absolute atomic E-state index is 11.7. The predicted molar refractivity (Wildman–Crippen MR) is 59.0 cm³/mol. The number of hydrogen-bond acceptors (Lipinski definition) is 3. The molecule has 4 heteroatoms. The van der Waals surface area contributed by atoms with Crippen LogP contribution >= 0.6 is 0 Å². The number of rotatable bonds is 0. The first-order valence-corrected chi connectivity index (χ1v) is 5.28. The van der Waals surface area contributed by atoms with Crippen LogP contribution in [0.5, 0.6) is 0 Å². The second kappa shape index (κ2) is 3.47. The van der Waals surface area contributed by atoms with Gasteiger partial charge >= 0.3 is 6.09 Å². The first-order chi connectivity index (χ1) is 7.35. The van der Waals surface area contributed by atoms with Crippen molar-refractivity contribution in [2.24, 2.45) is 0 Å². The summed E-state index contributed by atoms with van der Waals surface area (Å²) in [5.74, 6) is 0.0221. The molecule has 1 aliphatic carbocycles. The maximum Gasteiger partial charge on any atom is 0.410 e. The Morgan fingerprint density at radius 1 is 1.25 bits per heavy atom. The summed E-state index contributed by atoms with van der Waals surface area (Å²) in [5, 5.41) is 0. The average molecular weight is 221 g/mol. The van der Waals surface area contributed by atoms with Crippen LogP contribution in [0.4, 0.5) is 4.79 Å². The highest BCUT2D eigenvalue weighted by Crippen LogP contribution is 2.27. The Hall–Kier alpha value is -1.58. The van der Waals surface area contributed by atoms with Gasteiger partial charge in [-0.15, -0.1) is 0 Å². The number of carbonyl (C=O) groups is 2. The Kier molecular flexibility index (Phi) is 2.37. The Morgan fingerprint density at radius 3 is 2.19 bits per heavy atom. The molecule has 0 aromatic rings. The molecular weight excluding hydrogens is 206 g/mol. The lowest BCUT2D eigenvalue weighted by Crippen LogP contribution is -2.35. The molecule has 0 bridgehead atoms. The lowest BCUT2D eigenvalue weighted by atomic mass is 10.2. The summed E-state index contributed by atoms with van der Waals surface area (Å²) in [7, 11) is 0. The molecule has 0 spiro atoms. The van der Waals surface area contributed by atoms with E-state index in [0.29, 0.717) is 13.1 Å². The second-order valence-electron chi connectivity index (χ2n) is 5.08. The van der Waals surface area contributed by atoms with Crippen LogP contribution in [0.15, 0.2) is 23.3 Å². The lowest BCUT2D eigenvalue weighted by molar-refractivity contribution is -0.110. The zero-order valence-corrected chi connectivity index (χ0v) is 9.74. The minimum absolute atomic E-state index is 0.0221. The van der Waals surface area contributed by atoms with Crippen molar-refractivity contribution in [1.29, 1.82) is 0 Å². The van der Waals surface area contributed by atoms with E-state index in [1.165, 1.54) is 0 Å². The molecule has 4 nitrogen and oxygen atoms in total. The predicted octanol–water partition coefficient (Wildman–Crippen LogP) is 1.67. The molecule has 1 aliphatic heterocycles. The standard InChI is InChI=1S/C12H15NO3/c1-12(2,3)16-11(15)13-6-8-4-10(14)5-9(8)7-13/h4-5H,6-7H2,1-3H3. The van der Waals surface area contributed by atoms with Crippen molar-refractivity contribution in [2.45, 2.75) is 26.4 Å². The molecule has 0 aromatic carbocycles. The molecule has 0 aromatic heterocycles. The molecule has 1 saturated heterocycles. The van der Waals surface area contributed by atoms with Crippen molar-refractivity contribution >= 4 is 11.9 Å². The molecule has 0 unspecified atom stereocenters. The summed E-state index contributed by atoms with van der Waals surface area (Å²) in [6.07, 6.45) is 2.84. The van der Waals surface area contributed by atoms with Crippen molar-refractivity contribution in [3.05, 3.63) is 23.3 Å². The third-order valence-corrected chi connectivity index (χ3v) is 2.42. The molecule has 1 fully saturated rings. The van der Waals surface area contributed by atoms with E-state index in [9.17, 15) is 9.59 Å². The monoisotopic (exact) mass is 221 g/mol. The zero-order valence-electron chi connectivity index (χ0n) is 9.74. The summed E-state index contributed by atoms with van der Waals surface area (Å²) in [4.78, 5) is 24.4. The summed E-state index contributed by atoms with van der Waals surface area (Å²) < 4.78 is 5.26. The number of amides is 1. The van der Waals surface area contributed by atoms with Gasteiger partial charge < -0.3 is 4.74 Å². The molecule has 86 valence electrons. The van der Waals surface area contributed by atoms with Gasteiger partial charge in [-0.2, -0.15) is 0 Å². The van der Waals surface area contributed by atoms with E-state index < -0.39 is 5.60 Å². The van der Waals surface area contributed by atoms with Crippen LogP contribution in [0.1, 0.15) is 20.8 Å². The number of likely N-dealkylation sites (tertiary alicyclic amines) is 1. The Morgan fingerprint density at radius 2 is 1.75 bits per heavy atom. The molecule has 2 aliphatic rings. The van der Waals surface area contributed by atoms with Crippen LogP contribution in [-0.4, -0.2) is 35.5 Å². The van der Waals surface area contributed by atoms with Crippen LogP contribution in [0.25, 0.3) is 0 Å². The van der Waals surface area contributed by atoms with Crippen LogP contribution in [0, 0.1) is 0 Å². The van der Waals surface area contributed by atoms with Gasteiger partial charge in [-0.05, 0) is 44.1 Å². The van der Waals surface area contributed by atoms with Crippen molar-refractivity contribution in [2.75, 3.05) is 13.1 Å². The van der Waals surface area contributed by atoms with Gasteiger partial charge in [0, 0.05) is 13.1 Å². The van der Waals surface area contributed by atoms with Crippen molar-refractivity contribution in [3.8, 4) is 0 Å². The van der Waals surface area contributed by atoms with Gasteiger partial charge in [0.2, 0.25) is 0 Å². The molecule has 16 heavy (non-hydrogen) atoms. The first kappa shape index (κ1) is 10.9. The average Bonchev–Trinajstić information content (AvgIpc) is 2.56. The van der Waals surface area contributed by atoms with E-state index in [4.69, 9.17) is 4.74 Å². The summed E-state index contributed by atoms with van der Waals surface area (Å²) >= 11 is 0. The van der Waals surface area contributed by atoms with Gasteiger partial charge in [-0.3, -0.25) is 9.69 Å². The second-order valence-corrected chi connectivity index (χ2v) is 5.08. The van der Waals surface area contributed by atoms with Crippen molar-refractivity contribution in [1.82, 2.24) is 4.90 Å². The number of nitrogens with zero attached hydrogens (tertiary/aromatic N) is 1. The molecule has 0 N–H and O–H groups in total. The van der Waals surface area contributed by atoms with Crippen LogP contribution in [0.2, 0.25) is 0 Å². The fraction of sp³-hybridized carbons (Fsp3) is 0.500. The topological polar surface area (TPSA) is 46.6 Å². The fourth-order valence-electron chi connectivity index (χ4n) is 1.79. The molecule has 0 atom stereocenters. The third kappa shape index (κ3) is 2.15. The highest BCUT2D eigenvalue weighted by atomic mass is 16.6. The first-order valence-electron chi connectivity index (χ1n) is 5.28. The molecule has 2 rings (SSSR count). The summed E-state index contributed by atoms with van der Waals surface area (Å²) in [6.45, 7) is 6.47. The van der Waals surface area contributed by atoms with Gasteiger partial charge in [0.1, 0.15) is 5.60 Å². The highest BCUT2D eigenvalue weighted by molar-refractivity contribution is 6.05. The van der Waals surface area contributed by atoms with E-state index in [-0.39, 0.29) is 11.9 Å². The van der Waals surface area contributed by atoms with E-state index >= 15 is 0 Å².